The van der Waals surface area contributed by atoms with Crippen LogP contribution in [0.25, 0.3) is 16.7 Å². The van der Waals surface area contributed by atoms with Crippen LogP contribution in [0.5, 0.6) is 0 Å². The third-order valence-electron chi connectivity index (χ3n) is 4.91. The van der Waals surface area contributed by atoms with Gasteiger partial charge in [-0.25, -0.2) is 9.07 Å². The highest BCUT2D eigenvalue weighted by Crippen LogP contribution is 2.26. The fourth-order valence-corrected chi connectivity index (χ4v) is 3.73. The molecule has 4 nitrogen and oxygen atoms in total. The van der Waals surface area contributed by atoms with Gasteiger partial charge in [0.05, 0.1) is 17.9 Å². The van der Waals surface area contributed by atoms with Crippen molar-refractivity contribution >= 4 is 22.6 Å². The van der Waals surface area contributed by atoms with E-state index in [2.05, 4.69) is 0 Å². The highest BCUT2D eigenvalue weighted by atomic mass is 35.5. The van der Waals surface area contributed by atoms with Gasteiger partial charge in [-0.1, -0.05) is 35.4 Å². The maximum absolute atomic E-state index is 13.4. The number of benzene rings is 2. The Bertz CT molecular complexity index is 1260. The Hall–Kier alpha value is -2.92. The second kappa shape index (κ2) is 6.91. The van der Waals surface area contributed by atoms with E-state index in [0.29, 0.717) is 16.2 Å². The summed E-state index contributed by atoms with van der Waals surface area (Å²) in [6.07, 6.45) is 0. The fourth-order valence-electron chi connectivity index (χ4n) is 3.50. The van der Waals surface area contributed by atoms with Gasteiger partial charge in [-0.15, -0.1) is 0 Å². The molecule has 0 unspecified atom stereocenters. The van der Waals surface area contributed by atoms with Crippen LogP contribution in [0.4, 0.5) is 4.39 Å². The van der Waals surface area contributed by atoms with Gasteiger partial charge in [-0.2, -0.15) is 5.10 Å². The molecule has 0 bridgehead atoms. The van der Waals surface area contributed by atoms with E-state index in [1.807, 2.05) is 45.0 Å². The van der Waals surface area contributed by atoms with Gasteiger partial charge in [-0.05, 0) is 56.2 Å². The van der Waals surface area contributed by atoms with Crippen LogP contribution in [0.3, 0.4) is 0 Å². The first-order valence-electron chi connectivity index (χ1n) is 8.96. The van der Waals surface area contributed by atoms with Crippen molar-refractivity contribution in [3.63, 3.8) is 0 Å². The molecule has 142 valence electrons. The van der Waals surface area contributed by atoms with Crippen molar-refractivity contribution in [3.05, 3.63) is 92.1 Å². The Morgan fingerprint density at radius 2 is 1.75 bits per heavy atom. The van der Waals surface area contributed by atoms with Crippen molar-refractivity contribution in [1.82, 2.24) is 14.3 Å². The second-order valence-electron chi connectivity index (χ2n) is 7.02. The summed E-state index contributed by atoms with van der Waals surface area (Å²) in [5.41, 5.74) is 4.94. The molecule has 0 saturated carbocycles. The average molecular weight is 396 g/mol. The minimum atomic E-state index is -0.407. The van der Waals surface area contributed by atoms with Gasteiger partial charge < -0.3 is 0 Å². The number of hydrogen-bond acceptors (Lipinski definition) is 2. The number of pyridine rings is 1. The van der Waals surface area contributed by atoms with Gasteiger partial charge in [0.1, 0.15) is 11.5 Å². The lowest BCUT2D eigenvalue weighted by atomic mass is 10.1. The first-order valence-corrected chi connectivity index (χ1v) is 9.33. The van der Waals surface area contributed by atoms with Crippen molar-refractivity contribution in [3.8, 4) is 5.69 Å². The molecule has 28 heavy (non-hydrogen) atoms. The maximum atomic E-state index is 13.4. The van der Waals surface area contributed by atoms with Gasteiger partial charge in [0, 0.05) is 16.5 Å². The second-order valence-corrected chi connectivity index (χ2v) is 7.43. The Morgan fingerprint density at radius 1 is 1.04 bits per heavy atom. The van der Waals surface area contributed by atoms with Crippen molar-refractivity contribution in [1.29, 1.82) is 0 Å². The molecule has 0 spiro atoms. The third-order valence-corrected chi connectivity index (χ3v) is 5.27. The summed E-state index contributed by atoms with van der Waals surface area (Å²) in [7, 11) is 0. The molecule has 0 aliphatic carbocycles. The van der Waals surface area contributed by atoms with Crippen LogP contribution in [0.2, 0.25) is 5.02 Å². The van der Waals surface area contributed by atoms with Crippen LogP contribution in [0.15, 0.2) is 53.3 Å². The summed E-state index contributed by atoms with van der Waals surface area (Å²) < 4.78 is 16.9. The summed E-state index contributed by atoms with van der Waals surface area (Å²) in [4.78, 5) is 12.9. The largest absolute Gasteiger partial charge is 0.288 e. The van der Waals surface area contributed by atoms with E-state index in [0.717, 1.165) is 27.9 Å². The molecule has 2 aromatic heterocycles. The Kier molecular flexibility index (Phi) is 4.55. The van der Waals surface area contributed by atoms with E-state index in [1.165, 1.54) is 12.1 Å². The molecule has 0 radical (unpaired) electrons. The topological polar surface area (TPSA) is 39.8 Å². The van der Waals surface area contributed by atoms with Crippen molar-refractivity contribution in [2.45, 2.75) is 27.3 Å². The summed E-state index contributed by atoms with van der Waals surface area (Å²) in [5, 5.41) is 5.91. The zero-order valence-corrected chi connectivity index (χ0v) is 16.6. The number of aryl methyl sites for hydroxylation is 3. The van der Waals surface area contributed by atoms with Crippen LogP contribution in [0.1, 0.15) is 22.4 Å². The molecule has 2 heterocycles. The van der Waals surface area contributed by atoms with E-state index >= 15 is 0 Å². The first kappa shape index (κ1) is 18.4. The zero-order valence-electron chi connectivity index (χ0n) is 15.8. The Labute approximate surface area is 166 Å². The molecule has 0 aliphatic rings. The fraction of sp³-hybridized carbons (Fsp3) is 0.182. The van der Waals surface area contributed by atoms with Crippen LogP contribution in [-0.4, -0.2) is 14.3 Å². The quantitative estimate of drug-likeness (QED) is 0.492. The van der Waals surface area contributed by atoms with E-state index in [4.69, 9.17) is 16.7 Å². The summed E-state index contributed by atoms with van der Waals surface area (Å²) >= 11 is 6.22. The van der Waals surface area contributed by atoms with Crippen LogP contribution < -0.4 is 5.56 Å². The van der Waals surface area contributed by atoms with Gasteiger partial charge in [0.25, 0.3) is 5.56 Å². The maximum Gasteiger partial charge on any atom is 0.252 e. The molecule has 0 amide bonds. The van der Waals surface area contributed by atoms with E-state index in [-0.39, 0.29) is 12.1 Å². The van der Waals surface area contributed by atoms with Gasteiger partial charge in [0.15, 0.2) is 0 Å². The predicted molar refractivity (Wildman–Crippen MR) is 110 cm³/mol. The lowest BCUT2D eigenvalue weighted by Gasteiger charge is -2.13. The van der Waals surface area contributed by atoms with Gasteiger partial charge >= 0.3 is 0 Å². The lowest BCUT2D eigenvalue weighted by Crippen LogP contribution is -2.23. The van der Waals surface area contributed by atoms with E-state index in [1.54, 1.807) is 21.4 Å². The standard InChI is InChI=1S/C22H19ClFN3O/c1-13-4-8-18(9-5-13)27-22-21(15(3)25-27)14(2)10-20(28)26(22)12-16-6-7-17(24)11-19(16)23/h4-11H,12H2,1-3H3. The highest BCUT2D eigenvalue weighted by molar-refractivity contribution is 6.31. The zero-order chi connectivity index (χ0) is 20.0. The number of fused-ring (bicyclic) bond motifs is 1. The minimum Gasteiger partial charge on any atom is -0.288 e. The highest BCUT2D eigenvalue weighted by Gasteiger charge is 2.18. The number of aromatic nitrogens is 3. The van der Waals surface area contributed by atoms with E-state index < -0.39 is 5.82 Å². The molecule has 0 saturated heterocycles. The monoisotopic (exact) mass is 395 g/mol. The molecule has 4 rings (SSSR count). The lowest BCUT2D eigenvalue weighted by molar-refractivity contribution is 0.626. The normalized spacial score (nSPS) is 11.3. The average Bonchev–Trinajstić information content (AvgIpc) is 2.98. The number of halogens is 2. The molecular formula is C22H19ClFN3O. The molecule has 0 atom stereocenters. The Balaban J connectivity index is 2.00. The molecule has 4 aromatic rings. The van der Waals surface area contributed by atoms with Gasteiger partial charge in [-0.3, -0.25) is 9.36 Å². The van der Waals surface area contributed by atoms with Crippen LogP contribution >= 0.6 is 11.6 Å². The van der Waals surface area contributed by atoms with Crippen molar-refractivity contribution in [2.75, 3.05) is 0 Å². The molecule has 6 heteroatoms. The molecule has 0 N–H and O–H groups in total. The van der Waals surface area contributed by atoms with Crippen LogP contribution in [0, 0.1) is 26.6 Å². The third kappa shape index (κ3) is 3.12. The van der Waals surface area contributed by atoms with Gasteiger partial charge in [0.2, 0.25) is 0 Å². The smallest absolute Gasteiger partial charge is 0.252 e. The van der Waals surface area contributed by atoms with E-state index in [9.17, 15) is 9.18 Å². The molecule has 0 aliphatic heterocycles. The predicted octanol–water partition coefficient (Wildman–Crippen LogP) is 4.95. The summed E-state index contributed by atoms with van der Waals surface area (Å²) in [6.45, 7) is 6.09. The minimum absolute atomic E-state index is 0.154. The summed E-state index contributed by atoms with van der Waals surface area (Å²) in [5.74, 6) is -0.407. The number of nitrogens with zero attached hydrogens (tertiary/aromatic N) is 3. The summed E-state index contributed by atoms with van der Waals surface area (Å²) in [6, 6.07) is 13.8. The van der Waals surface area contributed by atoms with Crippen LogP contribution in [-0.2, 0) is 6.54 Å². The Morgan fingerprint density at radius 3 is 2.43 bits per heavy atom. The number of rotatable bonds is 3. The number of hydrogen-bond donors (Lipinski definition) is 0. The van der Waals surface area contributed by atoms with Crippen molar-refractivity contribution < 1.29 is 4.39 Å². The SMILES string of the molecule is Cc1ccc(-n2nc(C)c3c(C)cc(=O)n(Cc4ccc(F)cc4Cl)c32)cc1. The molecule has 0 fully saturated rings. The molecular weight excluding hydrogens is 377 g/mol. The van der Waals surface area contributed by atoms with Crippen molar-refractivity contribution in [2.24, 2.45) is 0 Å². The molecule has 2 aromatic carbocycles. The first-order chi connectivity index (χ1) is 13.3.